The molecule has 1 aliphatic rings. The lowest BCUT2D eigenvalue weighted by molar-refractivity contribution is 0.174. The van der Waals surface area contributed by atoms with E-state index in [9.17, 15) is 4.79 Å². The summed E-state index contributed by atoms with van der Waals surface area (Å²) >= 11 is 0. The van der Waals surface area contributed by atoms with Gasteiger partial charge in [0.25, 0.3) is 5.56 Å². The average Bonchev–Trinajstić information content (AvgIpc) is 3.54. The number of aromatic nitrogens is 5. The highest BCUT2D eigenvalue weighted by Crippen LogP contribution is 2.32. The van der Waals surface area contributed by atoms with Crippen LogP contribution in [0.4, 0.5) is 11.6 Å². The topological polar surface area (TPSA) is 96.1 Å². The largest absolute Gasteiger partial charge is 0.454 e. The Morgan fingerprint density at radius 1 is 1.00 bits per heavy atom. The minimum Gasteiger partial charge on any atom is -0.454 e. The molecule has 5 aromatic rings. The summed E-state index contributed by atoms with van der Waals surface area (Å²) in [5.41, 5.74) is 3.09. The van der Waals surface area contributed by atoms with E-state index in [1.165, 1.54) is 6.07 Å². The third-order valence-electron chi connectivity index (χ3n) is 5.39. The zero-order valence-corrected chi connectivity index (χ0v) is 17.4. The van der Waals surface area contributed by atoms with Crippen molar-refractivity contribution >= 4 is 22.7 Å². The second kappa shape index (κ2) is 7.79. The van der Waals surface area contributed by atoms with E-state index in [-0.39, 0.29) is 12.4 Å². The maximum atomic E-state index is 12.7. The van der Waals surface area contributed by atoms with Gasteiger partial charge in [-0.25, -0.2) is 9.67 Å². The van der Waals surface area contributed by atoms with E-state index in [0.717, 1.165) is 22.3 Å². The van der Waals surface area contributed by atoms with Crippen molar-refractivity contribution in [3.8, 4) is 17.2 Å². The quantitative estimate of drug-likeness (QED) is 0.449. The first kappa shape index (κ1) is 19.1. The summed E-state index contributed by atoms with van der Waals surface area (Å²) in [5, 5.41) is 8.21. The van der Waals surface area contributed by atoms with Crippen molar-refractivity contribution in [3.63, 3.8) is 0 Å². The summed E-state index contributed by atoms with van der Waals surface area (Å²) in [6.07, 6.45) is 5.32. The number of ether oxygens (including phenoxy) is 2. The Kier molecular flexibility index (Phi) is 4.50. The van der Waals surface area contributed by atoms with Crippen molar-refractivity contribution in [3.05, 3.63) is 95.2 Å². The van der Waals surface area contributed by atoms with Gasteiger partial charge in [-0.05, 0) is 54.1 Å². The highest BCUT2D eigenvalue weighted by molar-refractivity contribution is 5.75. The molecule has 0 radical (unpaired) electrons. The van der Waals surface area contributed by atoms with Gasteiger partial charge in [0.05, 0.1) is 12.2 Å². The third-order valence-corrected chi connectivity index (χ3v) is 5.39. The van der Waals surface area contributed by atoms with E-state index in [4.69, 9.17) is 9.47 Å². The summed E-state index contributed by atoms with van der Waals surface area (Å²) < 4.78 is 14.2. The molecule has 0 saturated carbocycles. The molecule has 162 valence electrons. The first-order valence-corrected chi connectivity index (χ1v) is 10.4. The number of nitrogens with one attached hydrogen (secondary N) is 1. The van der Waals surface area contributed by atoms with Gasteiger partial charge in [-0.3, -0.25) is 9.36 Å². The van der Waals surface area contributed by atoms with Crippen LogP contribution in [0.5, 0.6) is 11.5 Å². The lowest BCUT2D eigenvalue weighted by Crippen LogP contribution is -2.21. The summed E-state index contributed by atoms with van der Waals surface area (Å²) in [6.45, 7) is 0.556. The molecule has 3 aromatic heterocycles. The Bertz CT molecular complexity index is 1510. The lowest BCUT2D eigenvalue weighted by atomic mass is 10.2. The predicted molar refractivity (Wildman–Crippen MR) is 122 cm³/mol. The number of rotatable bonds is 5. The van der Waals surface area contributed by atoms with Crippen molar-refractivity contribution in [2.24, 2.45) is 0 Å². The molecule has 1 aliphatic heterocycles. The van der Waals surface area contributed by atoms with Crippen LogP contribution in [-0.2, 0) is 6.54 Å². The fourth-order valence-electron chi connectivity index (χ4n) is 3.75. The van der Waals surface area contributed by atoms with Gasteiger partial charge in [0.15, 0.2) is 11.5 Å². The van der Waals surface area contributed by atoms with Crippen molar-refractivity contribution in [2.45, 2.75) is 6.54 Å². The number of hydrogen-bond donors (Lipinski definition) is 1. The van der Waals surface area contributed by atoms with Gasteiger partial charge < -0.3 is 14.8 Å². The number of hydrogen-bond acceptors (Lipinski definition) is 7. The Labute approximate surface area is 187 Å². The van der Waals surface area contributed by atoms with Crippen LogP contribution in [0.15, 0.2) is 84.0 Å². The zero-order valence-electron chi connectivity index (χ0n) is 17.4. The normalized spacial score (nSPS) is 12.2. The molecule has 0 unspecified atom stereocenters. The maximum absolute atomic E-state index is 12.7. The van der Waals surface area contributed by atoms with E-state index in [1.807, 2.05) is 54.7 Å². The Morgan fingerprint density at radius 2 is 1.88 bits per heavy atom. The molecule has 9 nitrogen and oxygen atoms in total. The second-order valence-corrected chi connectivity index (χ2v) is 7.54. The Morgan fingerprint density at radius 3 is 2.73 bits per heavy atom. The Hall–Kier alpha value is -4.66. The number of fused-ring (bicyclic) bond motifs is 2. The van der Waals surface area contributed by atoms with Gasteiger partial charge in [0.1, 0.15) is 5.65 Å². The Balaban J connectivity index is 1.31. The van der Waals surface area contributed by atoms with Gasteiger partial charge in [0.2, 0.25) is 12.7 Å². The smallest absolute Gasteiger partial charge is 0.252 e. The summed E-state index contributed by atoms with van der Waals surface area (Å²) in [7, 11) is 0. The van der Waals surface area contributed by atoms with Gasteiger partial charge in [-0.2, -0.15) is 10.1 Å². The fourth-order valence-corrected chi connectivity index (χ4v) is 3.75. The maximum Gasteiger partial charge on any atom is 0.252 e. The molecule has 0 bridgehead atoms. The van der Waals surface area contributed by atoms with E-state index in [2.05, 4.69) is 20.4 Å². The molecule has 6 rings (SSSR count). The summed E-state index contributed by atoms with van der Waals surface area (Å²) in [6, 6.07) is 18.5. The molecule has 2 aromatic carbocycles. The monoisotopic (exact) mass is 438 g/mol. The van der Waals surface area contributed by atoms with Crippen LogP contribution >= 0.6 is 0 Å². The number of nitrogens with zero attached hydrogens (tertiary/aromatic N) is 5. The molecular weight excluding hydrogens is 420 g/mol. The first-order valence-electron chi connectivity index (χ1n) is 10.4. The molecule has 4 heterocycles. The molecule has 0 amide bonds. The molecule has 0 aliphatic carbocycles. The second-order valence-electron chi connectivity index (χ2n) is 7.54. The molecule has 0 atom stereocenters. The fraction of sp³-hybridized carbons (Fsp3) is 0.0833. The van der Waals surface area contributed by atoms with Crippen molar-refractivity contribution in [1.29, 1.82) is 0 Å². The standard InChI is InChI=1S/C24H18N6O3/c31-22-9-3-17-13-25-24(27-18-4-6-19(7-5-18)30-11-1-10-26-30)28-23(17)29(22)14-16-2-8-20-21(12-16)33-15-32-20/h1-13H,14-15H2,(H,25,27,28). The van der Waals surface area contributed by atoms with Crippen LogP contribution in [0.25, 0.3) is 16.7 Å². The van der Waals surface area contributed by atoms with Crippen molar-refractivity contribution in [2.75, 3.05) is 12.1 Å². The van der Waals surface area contributed by atoms with E-state index in [1.54, 1.807) is 27.7 Å². The minimum absolute atomic E-state index is 0.145. The summed E-state index contributed by atoms with van der Waals surface area (Å²) in [4.78, 5) is 21.8. The van der Waals surface area contributed by atoms with E-state index < -0.39 is 0 Å². The first-order chi connectivity index (χ1) is 16.2. The van der Waals surface area contributed by atoms with Gasteiger partial charge in [0, 0.05) is 35.7 Å². The molecule has 33 heavy (non-hydrogen) atoms. The summed E-state index contributed by atoms with van der Waals surface area (Å²) in [5.74, 6) is 1.78. The van der Waals surface area contributed by atoms with Gasteiger partial charge in [-0.15, -0.1) is 0 Å². The van der Waals surface area contributed by atoms with Gasteiger partial charge >= 0.3 is 0 Å². The molecule has 0 fully saturated rings. The van der Waals surface area contributed by atoms with Crippen LogP contribution in [0, 0.1) is 0 Å². The molecule has 9 heteroatoms. The lowest BCUT2D eigenvalue weighted by Gasteiger charge is -2.12. The average molecular weight is 438 g/mol. The number of anilines is 2. The van der Waals surface area contributed by atoms with Crippen LogP contribution in [-0.4, -0.2) is 31.1 Å². The number of pyridine rings is 1. The predicted octanol–water partition coefficient (Wildman–Crippen LogP) is 3.50. The minimum atomic E-state index is -0.145. The van der Waals surface area contributed by atoms with Crippen LogP contribution < -0.4 is 20.3 Å². The van der Waals surface area contributed by atoms with Gasteiger partial charge in [-0.1, -0.05) is 6.07 Å². The molecule has 1 N–H and O–H groups in total. The molecule has 0 spiro atoms. The highest BCUT2D eigenvalue weighted by Gasteiger charge is 2.14. The van der Waals surface area contributed by atoms with Crippen molar-refractivity contribution in [1.82, 2.24) is 24.3 Å². The van der Waals surface area contributed by atoms with Crippen LogP contribution in [0.3, 0.4) is 0 Å². The highest BCUT2D eigenvalue weighted by atomic mass is 16.7. The molecule has 0 saturated heterocycles. The molecular formula is C24H18N6O3. The van der Waals surface area contributed by atoms with Crippen LogP contribution in [0.2, 0.25) is 0 Å². The third kappa shape index (κ3) is 3.65. The van der Waals surface area contributed by atoms with Crippen molar-refractivity contribution < 1.29 is 9.47 Å². The van der Waals surface area contributed by atoms with E-state index in [0.29, 0.717) is 29.6 Å². The van der Waals surface area contributed by atoms with Crippen LogP contribution in [0.1, 0.15) is 5.56 Å². The zero-order chi connectivity index (χ0) is 22.2. The number of benzene rings is 2. The van der Waals surface area contributed by atoms with E-state index >= 15 is 0 Å². The SMILES string of the molecule is O=c1ccc2cnc(Nc3ccc(-n4cccn4)cc3)nc2n1Cc1ccc2c(c1)OCO2.